The number of benzene rings is 2. The van der Waals surface area contributed by atoms with E-state index in [0.29, 0.717) is 23.9 Å². The second kappa shape index (κ2) is 14.2. The van der Waals surface area contributed by atoms with Gasteiger partial charge in [-0.15, -0.1) is 0 Å². The van der Waals surface area contributed by atoms with Crippen molar-refractivity contribution in [3.8, 4) is 0 Å². The normalized spacial score (nSPS) is 27.6. The predicted octanol–water partition coefficient (Wildman–Crippen LogP) is 5.80. The lowest BCUT2D eigenvalue weighted by Crippen LogP contribution is -2.63. The molecule has 2 bridgehead atoms. The van der Waals surface area contributed by atoms with Gasteiger partial charge in [-0.2, -0.15) is 13.2 Å². The monoisotopic (exact) mass is 778 g/mol. The summed E-state index contributed by atoms with van der Waals surface area (Å²) < 4.78 is 59.3. The van der Waals surface area contributed by atoms with Crippen LogP contribution in [0.2, 0.25) is 0 Å². The van der Waals surface area contributed by atoms with Crippen LogP contribution in [0.4, 0.5) is 29.3 Å². The maximum Gasteiger partial charge on any atom is 0.481 e. The average molecular weight is 779 g/mol. The number of carbonyl (C=O) groups is 3. The van der Waals surface area contributed by atoms with Crippen LogP contribution in [0, 0.1) is 17.3 Å². The van der Waals surface area contributed by atoms with Crippen molar-refractivity contribution in [2.75, 3.05) is 17.7 Å². The molecule has 1 aromatic heterocycles. The quantitative estimate of drug-likeness (QED) is 0.147. The molecule has 7 atom stereocenters. The Balaban J connectivity index is 1.15. The standard InChI is InChI=1S/C39H46BF3N6O7/c1-7-29(40-55-30-26-16-24(36(26,2)3)17-38(30,5)56-40)47-31(50)28-18-37(4,48-35(53)46-25-13-9-11-22(15-25)33(52)54-6)34-45-20-27(32(51)49(28)34)44-19-21-10-8-12-23(14-21)39(41,42)43/h8-15,20,24,26,28-30,44H,7,16-19H2,1-6H3,(H,47,50)(H2,46,48,53)/t24?,26?,28-,29-,30?,37+,38-/m0/s1. The topological polar surface area (TPSA) is 162 Å². The number of ether oxygens (including phenoxy) is 1. The minimum absolute atomic E-state index is 0.0506. The molecule has 4 N–H and O–H groups in total. The molecule has 5 aliphatic rings. The first kappa shape index (κ1) is 39.3. The Morgan fingerprint density at radius 1 is 1.09 bits per heavy atom. The van der Waals surface area contributed by atoms with Gasteiger partial charge in [0.05, 0.1) is 47.6 Å². The summed E-state index contributed by atoms with van der Waals surface area (Å²) in [6.45, 7) is 10.0. The summed E-state index contributed by atoms with van der Waals surface area (Å²) in [6.07, 6.45) is -1.11. The summed E-state index contributed by atoms with van der Waals surface area (Å²) in [5.74, 6) is -0.731. The third-order valence-electron chi connectivity index (χ3n) is 12.3. The molecular formula is C39H46BF3N6O7. The van der Waals surface area contributed by atoms with E-state index in [2.05, 4.69) is 47.0 Å². The number of carbonyl (C=O) groups excluding carboxylic acids is 3. The molecule has 298 valence electrons. The van der Waals surface area contributed by atoms with Gasteiger partial charge in [-0.1, -0.05) is 39.0 Å². The number of aromatic nitrogens is 2. The van der Waals surface area contributed by atoms with E-state index in [9.17, 15) is 32.3 Å². The Bertz CT molecular complexity index is 2120. The SMILES string of the molecule is CC[C@H](NC(=O)[C@@H]1C[C@@](C)(NC(=O)Nc2cccc(C(=O)OC)c2)c2ncc(NCc3cccc(C(F)(F)F)c3)c(=O)n21)B1OC2C3CC(C[C@]2(C)O1)C3(C)C. The molecule has 0 radical (unpaired) electrons. The lowest BCUT2D eigenvalue weighted by Gasteiger charge is -2.63. The summed E-state index contributed by atoms with van der Waals surface area (Å²) in [4.78, 5) is 58.7. The Hall–Kier alpha value is -4.90. The molecule has 13 nitrogen and oxygen atoms in total. The molecule has 17 heteroatoms. The summed E-state index contributed by atoms with van der Waals surface area (Å²) in [5, 5.41) is 11.5. The number of methoxy groups -OCH3 is 1. The fourth-order valence-corrected chi connectivity index (χ4v) is 9.04. The molecule has 3 amide bonds. The van der Waals surface area contributed by atoms with Gasteiger partial charge in [0.25, 0.3) is 5.56 Å². The second-order valence-corrected chi connectivity index (χ2v) is 16.4. The van der Waals surface area contributed by atoms with Crippen molar-refractivity contribution in [2.45, 2.75) is 102 Å². The lowest BCUT2D eigenvalue weighted by atomic mass is 9.45. The largest absolute Gasteiger partial charge is 0.481 e. The van der Waals surface area contributed by atoms with E-state index >= 15 is 0 Å². The number of fused-ring (bicyclic) bond motifs is 1. The molecule has 3 unspecified atom stereocenters. The minimum atomic E-state index is -4.54. The molecule has 4 fully saturated rings. The molecule has 3 heterocycles. The number of hydrogen-bond acceptors (Lipinski definition) is 9. The summed E-state index contributed by atoms with van der Waals surface area (Å²) in [6, 6.07) is 9.00. The molecule has 3 aromatic rings. The predicted molar refractivity (Wildman–Crippen MR) is 201 cm³/mol. The van der Waals surface area contributed by atoms with E-state index in [1.165, 1.54) is 42.1 Å². The van der Waals surface area contributed by atoms with Crippen LogP contribution in [-0.2, 0) is 37.1 Å². The molecule has 56 heavy (non-hydrogen) atoms. The van der Waals surface area contributed by atoms with Crippen LogP contribution in [-0.4, -0.2) is 59.3 Å². The summed E-state index contributed by atoms with van der Waals surface area (Å²) in [5.41, 5.74) is -2.46. The van der Waals surface area contributed by atoms with Crippen LogP contribution in [0.25, 0.3) is 0 Å². The molecular weight excluding hydrogens is 732 g/mol. The van der Waals surface area contributed by atoms with Crippen molar-refractivity contribution in [3.05, 3.63) is 87.6 Å². The number of alkyl halides is 3. The van der Waals surface area contributed by atoms with Gasteiger partial charge in [-0.3, -0.25) is 14.2 Å². The number of rotatable bonds is 10. The van der Waals surface area contributed by atoms with Gasteiger partial charge in [0.1, 0.15) is 17.6 Å². The number of halogens is 3. The highest BCUT2D eigenvalue weighted by Gasteiger charge is 2.67. The van der Waals surface area contributed by atoms with Crippen LogP contribution in [0.5, 0.6) is 0 Å². The highest BCUT2D eigenvalue weighted by atomic mass is 19.4. The zero-order chi connectivity index (χ0) is 40.4. The Morgan fingerprint density at radius 3 is 2.54 bits per heavy atom. The first-order valence-corrected chi connectivity index (χ1v) is 18.8. The number of esters is 1. The second-order valence-electron chi connectivity index (χ2n) is 16.4. The molecule has 0 spiro atoms. The van der Waals surface area contributed by atoms with E-state index in [1.54, 1.807) is 19.1 Å². The average Bonchev–Trinajstić information content (AvgIpc) is 3.67. The number of anilines is 2. The number of urea groups is 1. The zero-order valence-corrected chi connectivity index (χ0v) is 32.1. The molecule has 3 saturated carbocycles. The fraction of sp³-hybridized carbons (Fsp3) is 0.513. The zero-order valence-electron chi connectivity index (χ0n) is 32.1. The van der Waals surface area contributed by atoms with Crippen LogP contribution >= 0.6 is 0 Å². The number of hydrogen-bond donors (Lipinski definition) is 4. The lowest BCUT2D eigenvalue weighted by molar-refractivity contribution is -0.185. The van der Waals surface area contributed by atoms with Gasteiger partial charge in [-0.05, 0) is 86.3 Å². The van der Waals surface area contributed by atoms with Crippen LogP contribution in [0.1, 0.15) is 93.7 Å². The summed E-state index contributed by atoms with van der Waals surface area (Å²) >= 11 is 0. The van der Waals surface area contributed by atoms with Crippen molar-refractivity contribution >= 4 is 36.4 Å². The first-order chi connectivity index (χ1) is 26.4. The van der Waals surface area contributed by atoms with Gasteiger partial charge in [0, 0.05) is 18.7 Å². The minimum Gasteiger partial charge on any atom is -0.465 e. The van der Waals surface area contributed by atoms with Gasteiger partial charge >= 0.3 is 25.3 Å². The number of amides is 3. The highest BCUT2D eigenvalue weighted by Crippen LogP contribution is 2.64. The Labute approximate surface area is 322 Å². The molecule has 8 rings (SSSR count). The summed E-state index contributed by atoms with van der Waals surface area (Å²) in [7, 11) is 0.522. The van der Waals surface area contributed by atoms with Crippen LogP contribution in [0.3, 0.4) is 0 Å². The maximum absolute atomic E-state index is 14.4. The third kappa shape index (κ3) is 7.03. The van der Waals surface area contributed by atoms with Crippen molar-refractivity contribution in [1.29, 1.82) is 0 Å². The fourth-order valence-electron chi connectivity index (χ4n) is 9.04. The van der Waals surface area contributed by atoms with E-state index in [4.69, 9.17) is 14.0 Å². The van der Waals surface area contributed by atoms with E-state index in [0.717, 1.165) is 25.0 Å². The van der Waals surface area contributed by atoms with Crippen molar-refractivity contribution < 1.29 is 41.6 Å². The van der Waals surface area contributed by atoms with E-state index in [1.807, 2.05) is 6.92 Å². The van der Waals surface area contributed by atoms with E-state index < -0.39 is 65.4 Å². The van der Waals surface area contributed by atoms with Gasteiger partial charge in [0.2, 0.25) is 5.91 Å². The van der Waals surface area contributed by atoms with Gasteiger partial charge in [-0.25, -0.2) is 14.6 Å². The van der Waals surface area contributed by atoms with Crippen molar-refractivity contribution in [2.24, 2.45) is 17.3 Å². The van der Waals surface area contributed by atoms with E-state index in [-0.39, 0.29) is 47.1 Å². The van der Waals surface area contributed by atoms with Crippen LogP contribution < -0.4 is 26.8 Å². The molecule has 2 aromatic carbocycles. The van der Waals surface area contributed by atoms with Crippen molar-refractivity contribution in [3.63, 3.8) is 0 Å². The number of nitrogens with one attached hydrogen (secondary N) is 4. The Kier molecular flexibility index (Phi) is 10.0. The third-order valence-corrected chi connectivity index (χ3v) is 12.3. The molecule has 1 saturated heterocycles. The van der Waals surface area contributed by atoms with Crippen molar-refractivity contribution in [1.82, 2.24) is 20.2 Å². The van der Waals surface area contributed by atoms with Crippen LogP contribution in [0.15, 0.2) is 59.5 Å². The Morgan fingerprint density at radius 2 is 1.84 bits per heavy atom. The number of nitrogens with zero attached hydrogens (tertiary/aromatic N) is 2. The van der Waals surface area contributed by atoms with Gasteiger partial charge in [0.15, 0.2) is 0 Å². The van der Waals surface area contributed by atoms with Gasteiger partial charge < -0.3 is 35.3 Å². The molecule has 2 aliphatic heterocycles. The first-order valence-electron chi connectivity index (χ1n) is 18.8. The maximum atomic E-state index is 14.4. The highest BCUT2D eigenvalue weighted by molar-refractivity contribution is 6.47. The smallest absolute Gasteiger partial charge is 0.465 e. The molecule has 3 aliphatic carbocycles.